The first-order valence-corrected chi connectivity index (χ1v) is 4.59. The standard InChI is InChI=1S/C8H5ClF3NO4/c9-2-3-1-4(14)13-6(5(3)7(15)16)17-8(10,11)12/h1H,2H2,(H,13,14)(H,15,16). The number of hydrogen-bond donors (Lipinski definition) is 2. The lowest BCUT2D eigenvalue weighted by atomic mass is 10.1. The second-order valence-electron chi connectivity index (χ2n) is 2.85. The van der Waals surface area contributed by atoms with E-state index in [4.69, 9.17) is 16.7 Å². The van der Waals surface area contributed by atoms with Crippen LogP contribution in [0.25, 0.3) is 0 Å². The normalized spacial score (nSPS) is 11.3. The Balaban J connectivity index is 3.41. The maximum Gasteiger partial charge on any atom is 0.574 e. The number of carboxylic acid groups (broad SMARTS) is 1. The summed E-state index contributed by atoms with van der Waals surface area (Å²) in [6.45, 7) is 0. The predicted octanol–water partition coefficient (Wildman–Crippen LogP) is 1.71. The molecule has 0 saturated heterocycles. The molecule has 17 heavy (non-hydrogen) atoms. The molecule has 0 bridgehead atoms. The predicted molar refractivity (Wildman–Crippen MR) is 50.3 cm³/mol. The van der Waals surface area contributed by atoms with Gasteiger partial charge in [-0.05, 0) is 5.56 Å². The number of aromatic amines is 1. The molecule has 5 nitrogen and oxygen atoms in total. The van der Waals surface area contributed by atoms with Crippen molar-refractivity contribution in [1.82, 2.24) is 4.98 Å². The van der Waals surface area contributed by atoms with Crippen LogP contribution >= 0.6 is 11.6 Å². The van der Waals surface area contributed by atoms with Crippen LogP contribution in [0.3, 0.4) is 0 Å². The van der Waals surface area contributed by atoms with E-state index in [0.29, 0.717) is 0 Å². The maximum atomic E-state index is 12.0. The van der Waals surface area contributed by atoms with Crippen LogP contribution in [0.2, 0.25) is 0 Å². The first-order chi connectivity index (χ1) is 7.74. The van der Waals surface area contributed by atoms with Crippen molar-refractivity contribution in [3.05, 3.63) is 27.5 Å². The monoisotopic (exact) mass is 271 g/mol. The van der Waals surface area contributed by atoms with Crippen molar-refractivity contribution in [2.75, 3.05) is 0 Å². The summed E-state index contributed by atoms with van der Waals surface area (Å²) >= 11 is 5.34. The summed E-state index contributed by atoms with van der Waals surface area (Å²) in [4.78, 5) is 23.4. The number of aromatic carboxylic acids is 1. The average Bonchev–Trinajstić information content (AvgIpc) is 2.12. The maximum absolute atomic E-state index is 12.0. The van der Waals surface area contributed by atoms with Gasteiger partial charge >= 0.3 is 12.3 Å². The minimum Gasteiger partial charge on any atom is -0.477 e. The fourth-order valence-corrected chi connectivity index (χ4v) is 1.33. The number of pyridine rings is 1. The molecule has 0 aliphatic rings. The molecule has 1 aromatic heterocycles. The summed E-state index contributed by atoms with van der Waals surface area (Å²) in [6.07, 6.45) is -5.11. The zero-order chi connectivity index (χ0) is 13.2. The minimum absolute atomic E-state index is 0.262. The molecule has 1 aromatic rings. The number of carbonyl (C=O) groups is 1. The Kier molecular flexibility index (Phi) is 3.66. The molecule has 0 radical (unpaired) electrons. The molecule has 1 heterocycles. The molecule has 9 heteroatoms. The van der Waals surface area contributed by atoms with E-state index in [9.17, 15) is 22.8 Å². The van der Waals surface area contributed by atoms with Crippen LogP contribution < -0.4 is 10.3 Å². The van der Waals surface area contributed by atoms with Gasteiger partial charge in [0.2, 0.25) is 5.88 Å². The smallest absolute Gasteiger partial charge is 0.477 e. The Morgan fingerprint density at radius 2 is 2.12 bits per heavy atom. The van der Waals surface area contributed by atoms with Crippen LogP contribution in [0.5, 0.6) is 5.88 Å². The van der Waals surface area contributed by atoms with Crippen LogP contribution in [0.4, 0.5) is 13.2 Å². The molecule has 0 atom stereocenters. The lowest BCUT2D eigenvalue weighted by Crippen LogP contribution is -2.23. The number of hydrogen-bond acceptors (Lipinski definition) is 3. The molecule has 2 N–H and O–H groups in total. The van der Waals surface area contributed by atoms with Crippen LogP contribution in [0, 0.1) is 0 Å². The Hall–Kier alpha value is -1.70. The van der Waals surface area contributed by atoms with Crippen LogP contribution in [0.1, 0.15) is 15.9 Å². The zero-order valence-electron chi connectivity index (χ0n) is 7.97. The second kappa shape index (κ2) is 4.66. The van der Waals surface area contributed by atoms with Gasteiger partial charge in [-0.3, -0.25) is 9.78 Å². The van der Waals surface area contributed by atoms with Crippen LogP contribution in [0.15, 0.2) is 10.9 Å². The summed E-state index contributed by atoms with van der Waals surface area (Å²) < 4.78 is 39.4. The topological polar surface area (TPSA) is 79.4 Å². The van der Waals surface area contributed by atoms with E-state index < -0.39 is 35.2 Å². The summed E-state index contributed by atoms with van der Waals surface area (Å²) in [7, 11) is 0. The van der Waals surface area contributed by atoms with Gasteiger partial charge in [-0.2, -0.15) is 0 Å². The van der Waals surface area contributed by atoms with Gasteiger partial charge in [0.1, 0.15) is 5.56 Å². The van der Waals surface area contributed by atoms with E-state index >= 15 is 0 Å². The minimum atomic E-state index is -5.11. The molecule has 0 aliphatic carbocycles. The zero-order valence-corrected chi connectivity index (χ0v) is 8.72. The number of ether oxygens (including phenoxy) is 1. The molecule has 94 valence electrons. The summed E-state index contributed by atoms with van der Waals surface area (Å²) in [5.41, 5.74) is -2.02. The van der Waals surface area contributed by atoms with E-state index in [1.54, 1.807) is 4.98 Å². The highest BCUT2D eigenvalue weighted by Crippen LogP contribution is 2.26. The van der Waals surface area contributed by atoms with Crippen molar-refractivity contribution in [2.24, 2.45) is 0 Å². The molecular formula is C8H5ClF3NO4. The van der Waals surface area contributed by atoms with Gasteiger partial charge in [-0.1, -0.05) is 0 Å². The fraction of sp³-hybridized carbons (Fsp3) is 0.250. The lowest BCUT2D eigenvalue weighted by molar-refractivity contribution is -0.276. The number of H-pyrrole nitrogens is 1. The molecule has 0 saturated carbocycles. The molecule has 0 fully saturated rings. The number of alkyl halides is 4. The molecular weight excluding hydrogens is 267 g/mol. The SMILES string of the molecule is O=C(O)c1c(CCl)cc(=O)[nH]c1OC(F)(F)F. The summed E-state index contributed by atoms with van der Waals surface area (Å²) in [5.74, 6) is -3.30. The van der Waals surface area contributed by atoms with E-state index in [0.717, 1.165) is 6.07 Å². The second-order valence-corrected chi connectivity index (χ2v) is 3.12. The van der Waals surface area contributed by atoms with Gasteiger partial charge < -0.3 is 9.84 Å². The molecule has 0 spiro atoms. The molecule has 0 amide bonds. The number of aromatic nitrogens is 1. The first kappa shape index (κ1) is 13.4. The molecule has 0 aliphatic heterocycles. The van der Waals surface area contributed by atoms with Crippen molar-refractivity contribution in [3.63, 3.8) is 0 Å². The molecule has 0 aromatic carbocycles. The molecule has 0 unspecified atom stereocenters. The summed E-state index contributed by atoms with van der Waals surface area (Å²) in [5, 5.41) is 8.74. The van der Waals surface area contributed by atoms with Crippen molar-refractivity contribution >= 4 is 17.6 Å². The number of rotatable bonds is 3. The van der Waals surface area contributed by atoms with Crippen molar-refractivity contribution in [2.45, 2.75) is 12.2 Å². The van der Waals surface area contributed by atoms with Gasteiger partial charge in [0.25, 0.3) is 5.56 Å². The third kappa shape index (κ3) is 3.38. The van der Waals surface area contributed by atoms with Crippen molar-refractivity contribution < 1.29 is 27.8 Å². The van der Waals surface area contributed by atoms with E-state index in [2.05, 4.69) is 4.74 Å². The molecule has 1 rings (SSSR count). The average molecular weight is 272 g/mol. The Morgan fingerprint density at radius 3 is 2.53 bits per heavy atom. The third-order valence-electron chi connectivity index (χ3n) is 1.67. The Labute approximate surface area is 96.8 Å². The number of halogens is 4. The van der Waals surface area contributed by atoms with E-state index in [1.165, 1.54) is 0 Å². The highest BCUT2D eigenvalue weighted by Gasteiger charge is 2.34. The Morgan fingerprint density at radius 1 is 1.53 bits per heavy atom. The largest absolute Gasteiger partial charge is 0.574 e. The fourth-order valence-electron chi connectivity index (χ4n) is 1.12. The number of nitrogens with one attached hydrogen (secondary N) is 1. The quantitative estimate of drug-likeness (QED) is 0.820. The number of carboxylic acids is 1. The van der Waals surface area contributed by atoms with E-state index in [-0.39, 0.29) is 5.56 Å². The highest BCUT2D eigenvalue weighted by atomic mass is 35.5. The Bertz CT molecular complexity index is 497. The van der Waals surface area contributed by atoms with E-state index in [1.807, 2.05) is 0 Å². The highest BCUT2D eigenvalue weighted by molar-refractivity contribution is 6.17. The summed E-state index contributed by atoms with van der Waals surface area (Å²) in [6, 6.07) is 0.791. The van der Waals surface area contributed by atoms with Crippen LogP contribution in [-0.2, 0) is 5.88 Å². The van der Waals surface area contributed by atoms with Gasteiger partial charge in [0, 0.05) is 11.9 Å². The van der Waals surface area contributed by atoms with Crippen LogP contribution in [-0.4, -0.2) is 22.4 Å². The lowest BCUT2D eigenvalue weighted by Gasteiger charge is -2.12. The third-order valence-corrected chi connectivity index (χ3v) is 1.95. The van der Waals surface area contributed by atoms with Gasteiger partial charge in [0.15, 0.2) is 0 Å². The first-order valence-electron chi connectivity index (χ1n) is 4.06. The van der Waals surface area contributed by atoms with Gasteiger partial charge in [0.05, 0.1) is 0 Å². The van der Waals surface area contributed by atoms with Gasteiger partial charge in [-0.25, -0.2) is 4.79 Å². The van der Waals surface area contributed by atoms with Crippen molar-refractivity contribution in [1.29, 1.82) is 0 Å². The van der Waals surface area contributed by atoms with Gasteiger partial charge in [-0.15, -0.1) is 24.8 Å². The van der Waals surface area contributed by atoms with Crippen molar-refractivity contribution in [3.8, 4) is 5.88 Å².